The van der Waals surface area contributed by atoms with Crippen molar-refractivity contribution in [2.45, 2.75) is 69.9 Å². The van der Waals surface area contributed by atoms with Gasteiger partial charge in [0, 0.05) is 18.2 Å². The maximum absolute atomic E-state index is 10.4. The molecule has 1 saturated carbocycles. The third kappa shape index (κ3) is 17.7. The summed E-state index contributed by atoms with van der Waals surface area (Å²) in [5.41, 5.74) is 16.7. The molecular formula is C24H44N4O4. The van der Waals surface area contributed by atoms with Gasteiger partial charge in [-0.3, -0.25) is 9.59 Å². The number of hydrogen-bond acceptors (Lipinski definition) is 7. The van der Waals surface area contributed by atoms with E-state index in [0.717, 1.165) is 37.8 Å². The first-order valence-electron chi connectivity index (χ1n) is 11.6. The predicted octanol–water partition coefficient (Wildman–Crippen LogP) is 2.63. The molecule has 32 heavy (non-hydrogen) atoms. The highest BCUT2D eigenvalue weighted by Gasteiger charge is 2.09. The fraction of sp³-hybridized carbons (Fsp3) is 0.667. The lowest BCUT2D eigenvalue weighted by molar-refractivity contribution is -0.138. The van der Waals surface area contributed by atoms with Crippen LogP contribution in [0.15, 0.2) is 24.3 Å². The van der Waals surface area contributed by atoms with Crippen LogP contribution in [-0.2, 0) is 4.79 Å². The van der Waals surface area contributed by atoms with Crippen LogP contribution in [0.25, 0.3) is 0 Å². The molecular weight excluding hydrogens is 408 g/mol. The zero-order valence-corrected chi connectivity index (χ0v) is 19.9. The minimum absolute atomic E-state index is 0.520. The Bertz CT molecular complexity index is 590. The zero-order valence-electron chi connectivity index (χ0n) is 19.9. The lowest BCUT2D eigenvalue weighted by atomic mass is 9.97. The smallest absolute Gasteiger partial charge is 0.320 e. The molecule has 1 fully saturated rings. The fourth-order valence-electron chi connectivity index (χ4n) is 2.98. The first kappa shape index (κ1) is 30.0. The Morgan fingerprint density at radius 1 is 1.16 bits per heavy atom. The largest absolute Gasteiger partial charge is 0.494 e. The van der Waals surface area contributed by atoms with Gasteiger partial charge in [-0.25, -0.2) is 0 Å². The van der Waals surface area contributed by atoms with Crippen molar-refractivity contribution in [1.29, 1.82) is 0 Å². The minimum atomic E-state index is -0.933. The summed E-state index contributed by atoms with van der Waals surface area (Å²) in [6.07, 6.45) is 10.7. The van der Waals surface area contributed by atoms with E-state index >= 15 is 0 Å². The highest BCUT2D eigenvalue weighted by molar-refractivity contribution is 5.74. The molecule has 1 aromatic rings. The van der Waals surface area contributed by atoms with Gasteiger partial charge in [0.15, 0.2) is 0 Å². The van der Waals surface area contributed by atoms with Crippen molar-refractivity contribution in [2.75, 3.05) is 33.8 Å². The summed E-state index contributed by atoms with van der Waals surface area (Å²) in [6, 6.07) is 6.97. The maximum Gasteiger partial charge on any atom is 0.320 e. The molecule has 8 nitrogen and oxygen atoms in total. The second kappa shape index (κ2) is 19.7. The first-order chi connectivity index (χ1) is 15.3. The molecule has 0 saturated heterocycles. The lowest BCUT2D eigenvalue weighted by Gasteiger charge is -2.15. The van der Waals surface area contributed by atoms with E-state index in [0.29, 0.717) is 31.2 Å². The van der Waals surface area contributed by atoms with Crippen LogP contribution < -0.4 is 21.9 Å². The van der Waals surface area contributed by atoms with Crippen molar-refractivity contribution in [3.63, 3.8) is 0 Å². The zero-order chi connectivity index (χ0) is 24.2. The first-order valence-corrected chi connectivity index (χ1v) is 11.6. The second-order valence-electron chi connectivity index (χ2n) is 8.32. The van der Waals surface area contributed by atoms with E-state index in [1.54, 1.807) is 12.1 Å². The molecule has 0 aliphatic heterocycles. The summed E-state index contributed by atoms with van der Waals surface area (Å²) in [4.78, 5) is 22.7. The van der Waals surface area contributed by atoms with Gasteiger partial charge in [0.05, 0.1) is 6.61 Å². The van der Waals surface area contributed by atoms with Gasteiger partial charge >= 0.3 is 5.97 Å². The van der Waals surface area contributed by atoms with Crippen LogP contribution in [0.4, 0.5) is 0 Å². The number of nitrogens with two attached hydrogens (primary N) is 3. The van der Waals surface area contributed by atoms with E-state index in [2.05, 4.69) is 4.90 Å². The highest BCUT2D eigenvalue weighted by Crippen LogP contribution is 2.14. The number of hydrogen-bond donors (Lipinski definition) is 4. The molecule has 0 amide bonds. The quantitative estimate of drug-likeness (QED) is 0.296. The number of benzene rings is 1. The van der Waals surface area contributed by atoms with Crippen molar-refractivity contribution in [2.24, 2.45) is 17.2 Å². The monoisotopic (exact) mass is 452 g/mol. The molecule has 1 unspecified atom stereocenters. The Kier molecular flexibility index (Phi) is 18.4. The van der Waals surface area contributed by atoms with Crippen molar-refractivity contribution < 1.29 is 19.4 Å². The van der Waals surface area contributed by atoms with E-state index < -0.39 is 12.0 Å². The van der Waals surface area contributed by atoms with Crippen molar-refractivity contribution in [3.05, 3.63) is 29.8 Å². The maximum atomic E-state index is 10.4. The molecule has 0 radical (unpaired) electrons. The van der Waals surface area contributed by atoms with E-state index in [4.69, 9.17) is 27.0 Å². The van der Waals surface area contributed by atoms with E-state index in [1.807, 2.05) is 26.2 Å². The van der Waals surface area contributed by atoms with Gasteiger partial charge in [-0.2, -0.15) is 0 Å². The molecule has 2 rings (SSSR count). The Balaban J connectivity index is 0.000000487. The van der Waals surface area contributed by atoms with Crippen LogP contribution in [0.1, 0.15) is 68.1 Å². The average Bonchev–Trinajstić information content (AvgIpc) is 2.78. The molecule has 0 spiro atoms. The van der Waals surface area contributed by atoms with Crippen molar-refractivity contribution in [3.8, 4) is 5.75 Å². The summed E-state index contributed by atoms with van der Waals surface area (Å²) in [7, 11) is 4.08. The highest BCUT2D eigenvalue weighted by atomic mass is 16.5. The predicted molar refractivity (Wildman–Crippen MR) is 130 cm³/mol. The molecule has 1 aliphatic rings. The summed E-state index contributed by atoms with van der Waals surface area (Å²) in [5, 5.41) is 8.33. The van der Waals surface area contributed by atoms with Gasteiger partial charge < -0.3 is 31.9 Å². The number of unbranched alkanes of at least 4 members (excludes halogenated alkanes) is 1. The summed E-state index contributed by atoms with van der Waals surface area (Å²) in [6.45, 7) is 2.33. The van der Waals surface area contributed by atoms with Crippen LogP contribution in [0, 0.1) is 0 Å². The molecule has 1 aromatic carbocycles. The molecule has 1 aliphatic carbocycles. The number of aliphatic carboxylic acids is 1. The van der Waals surface area contributed by atoms with Gasteiger partial charge in [0.2, 0.25) is 0 Å². The van der Waals surface area contributed by atoms with Crippen molar-refractivity contribution >= 4 is 12.3 Å². The third-order valence-electron chi connectivity index (χ3n) is 4.97. The molecule has 8 heteroatoms. The van der Waals surface area contributed by atoms with Gasteiger partial charge in [-0.15, -0.1) is 0 Å². The van der Waals surface area contributed by atoms with Crippen LogP contribution in [0.2, 0.25) is 0 Å². The number of carboxylic acids is 1. The molecule has 1 atom stereocenters. The van der Waals surface area contributed by atoms with Crippen LogP contribution in [-0.4, -0.2) is 68.1 Å². The summed E-state index contributed by atoms with van der Waals surface area (Å²) < 4.78 is 5.51. The normalized spacial score (nSPS) is 14.4. The molecule has 0 heterocycles. The molecule has 0 aromatic heterocycles. The number of aldehydes is 1. The number of rotatable bonds is 11. The topological polar surface area (TPSA) is 145 Å². The Hall–Kier alpha value is -2.00. The van der Waals surface area contributed by atoms with Gasteiger partial charge in [-0.1, -0.05) is 25.7 Å². The number of carbonyl (C=O) groups is 2. The number of carboxylic acid groups (broad SMARTS) is 1. The summed E-state index contributed by atoms with van der Waals surface area (Å²) >= 11 is 0. The number of ether oxygens (including phenoxy) is 1. The van der Waals surface area contributed by atoms with Crippen LogP contribution >= 0.6 is 0 Å². The number of carbonyl (C=O) groups excluding carboxylic acids is 1. The Labute approximate surface area is 193 Å². The molecule has 0 bridgehead atoms. The number of nitrogens with zero attached hydrogens (tertiary/aromatic N) is 1. The van der Waals surface area contributed by atoms with Gasteiger partial charge in [-0.05, 0) is 77.0 Å². The van der Waals surface area contributed by atoms with Crippen LogP contribution in [0.5, 0.6) is 5.75 Å². The fourth-order valence-corrected chi connectivity index (χ4v) is 2.98. The SMILES string of the molecule is CN(C)CCCOc1ccc(C=O)cc1.NC1CCCCC1.NCCCCC(N)C(=O)O. The lowest BCUT2D eigenvalue weighted by Crippen LogP contribution is -2.29. The molecule has 7 N–H and O–H groups in total. The Morgan fingerprint density at radius 3 is 2.22 bits per heavy atom. The van der Waals surface area contributed by atoms with Crippen molar-refractivity contribution in [1.82, 2.24) is 4.90 Å². The minimum Gasteiger partial charge on any atom is -0.494 e. The van der Waals surface area contributed by atoms with E-state index in [-0.39, 0.29) is 0 Å². The second-order valence-corrected chi connectivity index (χ2v) is 8.32. The molecule has 184 valence electrons. The van der Waals surface area contributed by atoms with E-state index in [1.165, 1.54) is 32.1 Å². The third-order valence-corrected chi connectivity index (χ3v) is 4.97. The standard InChI is InChI=1S/C12H17NO2.C6H14N2O2.C6H13N/c1-13(2)8-3-9-15-12-6-4-11(10-14)5-7-12;7-4-2-1-3-5(8)6(9)10;7-6-4-2-1-3-5-6/h4-7,10H,3,8-9H2,1-2H3;5H,1-4,7-8H2,(H,9,10);6H,1-5,7H2. The summed E-state index contributed by atoms with van der Waals surface area (Å²) in [5.74, 6) is -0.114. The average molecular weight is 453 g/mol. The van der Waals surface area contributed by atoms with Gasteiger partial charge in [0.25, 0.3) is 0 Å². The Morgan fingerprint density at radius 2 is 1.78 bits per heavy atom. The van der Waals surface area contributed by atoms with Crippen LogP contribution in [0.3, 0.4) is 0 Å². The van der Waals surface area contributed by atoms with Gasteiger partial charge in [0.1, 0.15) is 18.1 Å². The van der Waals surface area contributed by atoms with E-state index in [9.17, 15) is 9.59 Å².